The second-order valence-electron chi connectivity index (χ2n) is 4.91. The lowest BCUT2D eigenvalue weighted by atomic mass is 9.91. The van der Waals surface area contributed by atoms with Crippen LogP contribution in [0.2, 0.25) is 0 Å². The molecule has 0 unspecified atom stereocenters. The first-order valence-electron chi connectivity index (χ1n) is 5.54. The highest BCUT2D eigenvalue weighted by atomic mass is 16.2. The van der Waals surface area contributed by atoms with Crippen molar-refractivity contribution in [2.75, 3.05) is 26.2 Å². The topological polar surface area (TPSA) is 32.3 Å². The second-order valence-corrected chi connectivity index (χ2v) is 4.91. The minimum atomic E-state index is 0.200. The van der Waals surface area contributed by atoms with Crippen molar-refractivity contribution in [1.82, 2.24) is 10.2 Å². The highest BCUT2D eigenvalue weighted by molar-refractivity contribution is 5.76. The number of hydrogen-bond acceptors (Lipinski definition) is 2. The summed E-state index contributed by atoms with van der Waals surface area (Å²) in [6.45, 7) is 10.2. The Morgan fingerprint density at radius 1 is 1.50 bits per heavy atom. The second kappa shape index (κ2) is 4.78. The van der Waals surface area contributed by atoms with Gasteiger partial charge in [-0.15, -0.1) is 0 Å². The third-order valence-electron chi connectivity index (χ3n) is 2.58. The molecule has 0 radical (unpaired) electrons. The van der Waals surface area contributed by atoms with Crippen LogP contribution in [-0.2, 0) is 4.79 Å². The van der Waals surface area contributed by atoms with Gasteiger partial charge in [0.25, 0.3) is 0 Å². The van der Waals surface area contributed by atoms with Gasteiger partial charge in [-0.3, -0.25) is 4.79 Å². The van der Waals surface area contributed by atoms with Crippen molar-refractivity contribution >= 4 is 5.91 Å². The van der Waals surface area contributed by atoms with Gasteiger partial charge in [-0.05, 0) is 11.8 Å². The minimum Gasteiger partial charge on any atom is -0.342 e. The number of rotatable bonds is 2. The van der Waals surface area contributed by atoms with Crippen LogP contribution < -0.4 is 5.32 Å². The fraction of sp³-hybridized carbons (Fsp3) is 0.909. The van der Waals surface area contributed by atoms with Gasteiger partial charge in [0.2, 0.25) is 5.91 Å². The van der Waals surface area contributed by atoms with Crippen LogP contribution in [0.25, 0.3) is 0 Å². The zero-order valence-corrected chi connectivity index (χ0v) is 9.60. The number of hydrogen-bond donors (Lipinski definition) is 1. The Labute approximate surface area is 86.9 Å². The molecular formula is C11H22N2O. The molecule has 1 aliphatic rings. The van der Waals surface area contributed by atoms with E-state index in [9.17, 15) is 4.79 Å². The van der Waals surface area contributed by atoms with Crippen molar-refractivity contribution < 1.29 is 4.79 Å². The van der Waals surface area contributed by atoms with E-state index in [-0.39, 0.29) is 5.41 Å². The van der Waals surface area contributed by atoms with Gasteiger partial charge in [0, 0.05) is 32.6 Å². The molecule has 3 heteroatoms. The lowest BCUT2D eigenvalue weighted by Crippen LogP contribution is -2.47. The van der Waals surface area contributed by atoms with Crippen LogP contribution in [0.4, 0.5) is 0 Å². The summed E-state index contributed by atoms with van der Waals surface area (Å²) in [5.74, 6) is 0.298. The minimum absolute atomic E-state index is 0.200. The molecule has 0 aromatic carbocycles. The predicted molar refractivity (Wildman–Crippen MR) is 58.1 cm³/mol. The molecule has 1 rings (SSSR count). The summed E-state index contributed by atoms with van der Waals surface area (Å²) >= 11 is 0. The molecule has 0 atom stereocenters. The molecule has 0 aliphatic carbocycles. The Morgan fingerprint density at radius 2 is 2.21 bits per heavy atom. The summed E-state index contributed by atoms with van der Waals surface area (Å²) < 4.78 is 0. The van der Waals surface area contributed by atoms with Crippen molar-refractivity contribution in [2.24, 2.45) is 5.41 Å². The maximum atomic E-state index is 11.7. The third-order valence-corrected chi connectivity index (χ3v) is 2.58. The number of nitrogens with zero attached hydrogens (tertiary/aromatic N) is 1. The Morgan fingerprint density at radius 3 is 2.86 bits per heavy atom. The molecule has 0 aromatic heterocycles. The van der Waals surface area contributed by atoms with Crippen molar-refractivity contribution in [3.8, 4) is 0 Å². The SMILES string of the molecule is CCCN1CC(C)(C)CNCCC1=O. The summed E-state index contributed by atoms with van der Waals surface area (Å²) in [5.41, 5.74) is 0.200. The Bertz CT molecular complexity index is 201. The summed E-state index contributed by atoms with van der Waals surface area (Å²) in [6, 6.07) is 0. The highest BCUT2D eigenvalue weighted by Gasteiger charge is 2.26. The molecule has 3 nitrogen and oxygen atoms in total. The van der Waals surface area contributed by atoms with Crippen molar-refractivity contribution in [3.63, 3.8) is 0 Å². The molecule has 0 saturated carbocycles. The van der Waals surface area contributed by atoms with E-state index < -0.39 is 0 Å². The van der Waals surface area contributed by atoms with E-state index in [1.807, 2.05) is 4.90 Å². The maximum Gasteiger partial charge on any atom is 0.223 e. The van der Waals surface area contributed by atoms with E-state index >= 15 is 0 Å². The molecule has 0 bridgehead atoms. The molecule has 0 spiro atoms. The van der Waals surface area contributed by atoms with Gasteiger partial charge in [0.05, 0.1) is 0 Å². The molecule has 14 heavy (non-hydrogen) atoms. The molecule has 82 valence electrons. The predicted octanol–water partition coefficient (Wildman–Crippen LogP) is 1.24. The summed E-state index contributed by atoms with van der Waals surface area (Å²) in [5, 5.41) is 3.32. The van der Waals surface area contributed by atoms with E-state index in [1.54, 1.807) is 0 Å². The Hall–Kier alpha value is -0.570. The van der Waals surface area contributed by atoms with Crippen molar-refractivity contribution in [2.45, 2.75) is 33.6 Å². The van der Waals surface area contributed by atoms with Crippen molar-refractivity contribution in [1.29, 1.82) is 0 Å². The quantitative estimate of drug-likeness (QED) is 0.724. The maximum absolute atomic E-state index is 11.7. The summed E-state index contributed by atoms with van der Waals surface area (Å²) in [4.78, 5) is 13.7. The molecule has 1 heterocycles. The van der Waals surface area contributed by atoms with E-state index in [0.717, 1.165) is 32.6 Å². The molecule has 1 N–H and O–H groups in total. The normalized spacial score (nSPS) is 23.1. The molecular weight excluding hydrogens is 176 g/mol. The monoisotopic (exact) mass is 198 g/mol. The smallest absolute Gasteiger partial charge is 0.223 e. The van der Waals surface area contributed by atoms with E-state index in [0.29, 0.717) is 12.3 Å². The lowest BCUT2D eigenvalue weighted by Gasteiger charge is -2.35. The van der Waals surface area contributed by atoms with Crippen LogP contribution in [0.5, 0.6) is 0 Å². The highest BCUT2D eigenvalue weighted by Crippen LogP contribution is 2.18. The molecule has 1 saturated heterocycles. The lowest BCUT2D eigenvalue weighted by molar-refractivity contribution is -0.133. The molecule has 0 aromatic rings. The summed E-state index contributed by atoms with van der Waals surface area (Å²) in [6.07, 6.45) is 1.70. The van der Waals surface area contributed by atoms with Crippen LogP contribution in [0, 0.1) is 5.41 Å². The standard InChI is InChI=1S/C11H22N2O/c1-4-7-13-9-11(2,3)8-12-6-5-10(13)14/h12H,4-9H2,1-3H3. The number of nitrogens with one attached hydrogen (secondary N) is 1. The molecule has 1 amide bonds. The van der Waals surface area contributed by atoms with E-state index in [4.69, 9.17) is 0 Å². The van der Waals surface area contributed by atoms with Gasteiger partial charge in [-0.1, -0.05) is 20.8 Å². The first-order chi connectivity index (χ1) is 6.55. The van der Waals surface area contributed by atoms with Crippen molar-refractivity contribution in [3.05, 3.63) is 0 Å². The van der Waals surface area contributed by atoms with Gasteiger partial charge in [-0.2, -0.15) is 0 Å². The van der Waals surface area contributed by atoms with E-state index in [2.05, 4.69) is 26.1 Å². The Balaban J connectivity index is 2.62. The summed E-state index contributed by atoms with van der Waals surface area (Å²) in [7, 11) is 0. The number of amides is 1. The van der Waals surface area contributed by atoms with Gasteiger partial charge in [-0.25, -0.2) is 0 Å². The fourth-order valence-corrected chi connectivity index (χ4v) is 1.91. The van der Waals surface area contributed by atoms with Crippen LogP contribution in [0.1, 0.15) is 33.6 Å². The van der Waals surface area contributed by atoms with Gasteiger partial charge in [0.15, 0.2) is 0 Å². The van der Waals surface area contributed by atoms with Crippen LogP contribution >= 0.6 is 0 Å². The first-order valence-corrected chi connectivity index (χ1v) is 5.54. The van der Waals surface area contributed by atoms with Crippen LogP contribution in [0.15, 0.2) is 0 Å². The van der Waals surface area contributed by atoms with E-state index in [1.165, 1.54) is 0 Å². The first kappa shape index (κ1) is 11.5. The average Bonchev–Trinajstić information content (AvgIpc) is 2.09. The van der Waals surface area contributed by atoms with Crippen LogP contribution in [-0.4, -0.2) is 37.0 Å². The Kier molecular flexibility index (Phi) is 3.93. The third kappa shape index (κ3) is 3.29. The number of carbonyl (C=O) groups is 1. The van der Waals surface area contributed by atoms with Gasteiger partial charge in [0.1, 0.15) is 0 Å². The van der Waals surface area contributed by atoms with Crippen LogP contribution in [0.3, 0.4) is 0 Å². The zero-order valence-electron chi connectivity index (χ0n) is 9.60. The molecule has 1 aliphatic heterocycles. The van der Waals surface area contributed by atoms with Gasteiger partial charge >= 0.3 is 0 Å². The largest absolute Gasteiger partial charge is 0.342 e. The van der Waals surface area contributed by atoms with Gasteiger partial charge < -0.3 is 10.2 Å². The number of carbonyl (C=O) groups excluding carboxylic acids is 1. The zero-order chi connectivity index (χ0) is 10.6. The average molecular weight is 198 g/mol. The molecule has 1 fully saturated rings. The fourth-order valence-electron chi connectivity index (χ4n) is 1.91.